The summed E-state index contributed by atoms with van der Waals surface area (Å²) in [6.45, 7) is 2.17. The molecule has 21 heavy (non-hydrogen) atoms. The minimum absolute atomic E-state index is 0.0604. The molecule has 0 fully saturated rings. The number of rotatable bonds is 6. The second-order valence-corrected chi connectivity index (χ2v) is 5.10. The van der Waals surface area contributed by atoms with E-state index in [2.05, 4.69) is 41.8 Å². The molecule has 2 rings (SSSR count). The fourth-order valence-corrected chi connectivity index (χ4v) is 2.33. The van der Waals surface area contributed by atoms with E-state index in [0.717, 1.165) is 18.5 Å². The maximum Gasteiger partial charge on any atom is 0.251 e. The Morgan fingerprint density at radius 3 is 2.52 bits per heavy atom. The molecule has 0 heterocycles. The number of amides is 1. The summed E-state index contributed by atoms with van der Waals surface area (Å²) in [6, 6.07) is 18.4. The predicted octanol–water partition coefficient (Wildman–Crippen LogP) is 3.48. The molecule has 2 N–H and O–H groups in total. The molecule has 3 heteroatoms. The van der Waals surface area contributed by atoms with Gasteiger partial charge in [0, 0.05) is 24.3 Å². The molecule has 1 amide bonds. The van der Waals surface area contributed by atoms with Crippen molar-refractivity contribution >= 4 is 11.6 Å². The fourth-order valence-electron chi connectivity index (χ4n) is 2.33. The Bertz CT molecular complexity index is 581. The molecule has 0 bridgehead atoms. The summed E-state index contributed by atoms with van der Waals surface area (Å²) >= 11 is 0. The summed E-state index contributed by atoms with van der Waals surface area (Å²) in [7, 11) is 1.65. The zero-order valence-electron chi connectivity index (χ0n) is 12.6. The van der Waals surface area contributed by atoms with E-state index in [1.165, 1.54) is 5.56 Å². The van der Waals surface area contributed by atoms with Crippen LogP contribution in [0.2, 0.25) is 0 Å². The van der Waals surface area contributed by atoms with E-state index in [4.69, 9.17) is 0 Å². The Hall–Kier alpha value is -2.29. The fraction of sp³-hybridized carbons (Fsp3) is 0.278. The number of nitrogens with one attached hydrogen (secondary N) is 2. The lowest BCUT2D eigenvalue weighted by atomic mass is 10.0. The Kier molecular flexibility index (Phi) is 5.38. The zero-order valence-corrected chi connectivity index (χ0v) is 12.6. The molecule has 0 aromatic heterocycles. The van der Waals surface area contributed by atoms with Crippen LogP contribution in [-0.4, -0.2) is 19.0 Å². The van der Waals surface area contributed by atoms with Gasteiger partial charge in [0.05, 0.1) is 0 Å². The van der Waals surface area contributed by atoms with Gasteiger partial charge in [-0.1, -0.05) is 43.3 Å². The van der Waals surface area contributed by atoms with Crippen LogP contribution in [0.5, 0.6) is 0 Å². The van der Waals surface area contributed by atoms with Gasteiger partial charge in [-0.2, -0.15) is 0 Å². The average molecular weight is 282 g/mol. The molecule has 110 valence electrons. The first kappa shape index (κ1) is 15.1. The van der Waals surface area contributed by atoms with Gasteiger partial charge in [-0.05, 0) is 36.6 Å². The van der Waals surface area contributed by atoms with Crippen molar-refractivity contribution in [1.29, 1.82) is 0 Å². The van der Waals surface area contributed by atoms with E-state index in [9.17, 15) is 4.79 Å². The van der Waals surface area contributed by atoms with Crippen LogP contribution in [0.15, 0.2) is 54.6 Å². The van der Waals surface area contributed by atoms with Crippen molar-refractivity contribution in [2.45, 2.75) is 25.8 Å². The van der Waals surface area contributed by atoms with Crippen molar-refractivity contribution < 1.29 is 4.79 Å². The summed E-state index contributed by atoms with van der Waals surface area (Å²) in [5, 5.41) is 6.17. The molecule has 0 aliphatic heterocycles. The van der Waals surface area contributed by atoms with Crippen LogP contribution in [0, 0.1) is 0 Å². The highest BCUT2D eigenvalue weighted by Crippen LogP contribution is 2.15. The first-order valence-electron chi connectivity index (χ1n) is 7.35. The minimum Gasteiger partial charge on any atom is -0.382 e. The third-order valence-electron chi connectivity index (χ3n) is 3.54. The molecule has 0 saturated heterocycles. The molecule has 2 aromatic rings. The third kappa shape index (κ3) is 4.35. The molecule has 1 atom stereocenters. The van der Waals surface area contributed by atoms with Gasteiger partial charge in [-0.3, -0.25) is 4.79 Å². The quantitative estimate of drug-likeness (QED) is 0.851. The number of hydrogen-bond donors (Lipinski definition) is 2. The summed E-state index contributed by atoms with van der Waals surface area (Å²) < 4.78 is 0. The Morgan fingerprint density at radius 2 is 1.86 bits per heavy atom. The van der Waals surface area contributed by atoms with Gasteiger partial charge < -0.3 is 10.6 Å². The molecular formula is C18H22N2O. The van der Waals surface area contributed by atoms with Gasteiger partial charge in [-0.15, -0.1) is 0 Å². The Balaban J connectivity index is 2.06. The average Bonchev–Trinajstić information content (AvgIpc) is 2.54. The first-order valence-corrected chi connectivity index (χ1v) is 7.35. The molecule has 0 aliphatic rings. The van der Waals surface area contributed by atoms with Crippen molar-refractivity contribution in [2.24, 2.45) is 0 Å². The van der Waals surface area contributed by atoms with E-state index in [0.29, 0.717) is 11.6 Å². The molecule has 3 nitrogen and oxygen atoms in total. The van der Waals surface area contributed by atoms with Gasteiger partial charge in [-0.25, -0.2) is 0 Å². The van der Waals surface area contributed by atoms with Gasteiger partial charge in [0.25, 0.3) is 5.91 Å². The number of hydrogen-bond acceptors (Lipinski definition) is 2. The van der Waals surface area contributed by atoms with Crippen molar-refractivity contribution in [3.05, 3.63) is 65.7 Å². The van der Waals surface area contributed by atoms with E-state index in [1.54, 1.807) is 7.05 Å². The molecule has 0 radical (unpaired) electrons. The maximum atomic E-state index is 11.7. The molecule has 0 aliphatic carbocycles. The number of carbonyl (C=O) groups is 1. The number of carbonyl (C=O) groups excluding carboxylic acids is 1. The number of benzene rings is 2. The zero-order chi connectivity index (χ0) is 15.1. The third-order valence-corrected chi connectivity index (χ3v) is 3.54. The van der Waals surface area contributed by atoms with Crippen LogP contribution in [-0.2, 0) is 6.42 Å². The lowest BCUT2D eigenvalue weighted by Crippen LogP contribution is -2.22. The summed E-state index contributed by atoms with van der Waals surface area (Å²) in [5.74, 6) is -0.0604. The molecule has 1 unspecified atom stereocenters. The largest absolute Gasteiger partial charge is 0.382 e. The van der Waals surface area contributed by atoms with E-state index >= 15 is 0 Å². The predicted molar refractivity (Wildman–Crippen MR) is 87.7 cm³/mol. The highest BCUT2D eigenvalue weighted by molar-refractivity contribution is 5.94. The summed E-state index contributed by atoms with van der Waals surface area (Å²) in [6.07, 6.45) is 2.00. The maximum absolute atomic E-state index is 11.7. The van der Waals surface area contributed by atoms with E-state index in [1.807, 2.05) is 30.3 Å². The smallest absolute Gasteiger partial charge is 0.251 e. The SMILES string of the molecule is CCC(Cc1ccccc1)Nc1cccc(C(=O)NC)c1. The van der Waals surface area contributed by atoms with Crippen LogP contribution in [0.1, 0.15) is 29.3 Å². The van der Waals surface area contributed by atoms with Gasteiger partial charge in [0.2, 0.25) is 0 Å². The lowest BCUT2D eigenvalue weighted by molar-refractivity contribution is 0.0963. The van der Waals surface area contributed by atoms with Gasteiger partial charge >= 0.3 is 0 Å². The standard InChI is InChI=1S/C18H22N2O/c1-3-16(12-14-8-5-4-6-9-14)20-17-11-7-10-15(13-17)18(21)19-2/h4-11,13,16,20H,3,12H2,1-2H3,(H,19,21). The summed E-state index contributed by atoms with van der Waals surface area (Å²) in [5.41, 5.74) is 2.98. The highest BCUT2D eigenvalue weighted by Gasteiger charge is 2.09. The molecular weight excluding hydrogens is 260 g/mol. The Morgan fingerprint density at radius 1 is 1.10 bits per heavy atom. The van der Waals surface area contributed by atoms with Crippen molar-refractivity contribution in [3.8, 4) is 0 Å². The normalized spacial score (nSPS) is 11.7. The van der Waals surface area contributed by atoms with Crippen molar-refractivity contribution in [3.63, 3.8) is 0 Å². The van der Waals surface area contributed by atoms with Gasteiger partial charge in [0.15, 0.2) is 0 Å². The van der Waals surface area contributed by atoms with Crippen LogP contribution in [0.3, 0.4) is 0 Å². The van der Waals surface area contributed by atoms with Crippen LogP contribution >= 0.6 is 0 Å². The molecule has 0 saturated carbocycles. The highest BCUT2D eigenvalue weighted by atomic mass is 16.1. The van der Waals surface area contributed by atoms with Crippen LogP contribution in [0.4, 0.5) is 5.69 Å². The van der Waals surface area contributed by atoms with Crippen LogP contribution < -0.4 is 10.6 Å². The van der Waals surface area contributed by atoms with Crippen molar-refractivity contribution in [1.82, 2.24) is 5.32 Å². The molecule has 0 spiro atoms. The summed E-state index contributed by atoms with van der Waals surface area (Å²) in [4.78, 5) is 11.7. The first-order chi connectivity index (χ1) is 10.2. The minimum atomic E-state index is -0.0604. The second-order valence-electron chi connectivity index (χ2n) is 5.10. The Labute approximate surface area is 126 Å². The topological polar surface area (TPSA) is 41.1 Å². The van der Waals surface area contributed by atoms with Crippen molar-refractivity contribution in [2.75, 3.05) is 12.4 Å². The van der Waals surface area contributed by atoms with E-state index in [-0.39, 0.29) is 5.91 Å². The second kappa shape index (κ2) is 7.48. The number of anilines is 1. The molecule has 2 aromatic carbocycles. The monoisotopic (exact) mass is 282 g/mol. The van der Waals surface area contributed by atoms with Crippen LogP contribution in [0.25, 0.3) is 0 Å². The lowest BCUT2D eigenvalue weighted by Gasteiger charge is -2.19. The van der Waals surface area contributed by atoms with E-state index < -0.39 is 0 Å². The van der Waals surface area contributed by atoms with Gasteiger partial charge in [0.1, 0.15) is 0 Å².